The molecule has 0 saturated carbocycles. The fourth-order valence-corrected chi connectivity index (χ4v) is 3.49. The highest BCUT2D eigenvalue weighted by Gasteiger charge is 2.23. The third-order valence-electron chi connectivity index (χ3n) is 4.66. The summed E-state index contributed by atoms with van der Waals surface area (Å²) in [5.41, 5.74) is 11.0. The Labute approximate surface area is 138 Å². The molecule has 0 bridgehead atoms. The Balaban J connectivity index is 1.95. The van der Waals surface area contributed by atoms with E-state index in [1.807, 2.05) is 0 Å². The molecule has 0 radical (unpaired) electrons. The topological polar surface area (TPSA) is 0 Å². The minimum atomic E-state index is 1.02. The van der Waals surface area contributed by atoms with Gasteiger partial charge in [-0.2, -0.15) is 0 Å². The zero-order chi connectivity index (χ0) is 15.8. The highest BCUT2D eigenvalue weighted by Crippen LogP contribution is 2.42. The fraction of sp³-hybridized carbons (Fsp3) is 0.130. The molecule has 0 amide bonds. The molecule has 0 nitrogen and oxygen atoms in total. The zero-order valence-electron chi connectivity index (χ0n) is 13.6. The third-order valence-corrected chi connectivity index (χ3v) is 4.66. The largest absolute Gasteiger partial charge is 0.0622 e. The second-order valence-corrected chi connectivity index (χ2v) is 6.42. The van der Waals surface area contributed by atoms with Crippen LogP contribution in [0.5, 0.6) is 0 Å². The van der Waals surface area contributed by atoms with Crippen LogP contribution in [0.4, 0.5) is 0 Å². The Kier molecular flexibility index (Phi) is 3.38. The molecule has 0 fully saturated rings. The average molecular weight is 296 g/mol. The molecule has 0 aliphatic heterocycles. The minimum absolute atomic E-state index is 1.02. The molecule has 0 saturated heterocycles. The monoisotopic (exact) mass is 296 g/mol. The van der Waals surface area contributed by atoms with E-state index in [-0.39, 0.29) is 0 Å². The molecule has 0 unspecified atom stereocenters. The highest BCUT2D eigenvalue weighted by molar-refractivity contribution is 6.03. The van der Waals surface area contributed by atoms with Crippen molar-refractivity contribution < 1.29 is 0 Å². The van der Waals surface area contributed by atoms with E-state index in [4.69, 9.17) is 0 Å². The summed E-state index contributed by atoms with van der Waals surface area (Å²) < 4.78 is 0. The molecule has 0 N–H and O–H groups in total. The molecule has 0 atom stereocenters. The van der Waals surface area contributed by atoms with Gasteiger partial charge < -0.3 is 0 Å². The summed E-state index contributed by atoms with van der Waals surface area (Å²) in [4.78, 5) is 0. The van der Waals surface area contributed by atoms with E-state index in [1.165, 1.54) is 44.5 Å². The molecule has 0 aromatic heterocycles. The van der Waals surface area contributed by atoms with Gasteiger partial charge in [-0.15, -0.1) is 0 Å². The SMILES string of the molecule is Cc1ccc(C2=C(c3ccccc3)Cc3cc(C)ccc32)cc1. The number of aryl methyl sites for hydroxylation is 2. The van der Waals surface area contributed by atoms with Crippen molar-refractivity contribution in [2.75, 3.05) is 0 Å². The van der Waals surface area contributed by atoms with Crippen LogP contribution in [-0.2, 0) is 6.42 Å². The van der Waals surface area contributed by atoms with Gasteiger partial charge in [0.2, 0.25) is 0 Å². The van der Waals surface area contributed by atoms with Crippen molar-refractivity contribution in [1.82, 2.24) is 0 Å². The van der Waals surface area contributed by atoms with Gasteiger partial charge in [-0.1, -0.05) is 83.9 Å². The van der Waals surface area contributed by atoms with Crippen molar-refractivity contribution in [3.05, 3.63) is 106 Å². The van der Waals surface area contributed by atoms with E-state index in [0.29, 0.717) is 0 Å². The molecule has 3 aromatic carbocycles. The van der Waals surface area contributed by atoms with E-state index in [9.17, 15) is 0 Å². The molecule has 3 aromatic rings. The first-order chi connectivity index (χ1) is 11.2. The van der Waals surface area contributed by atoms with Gasteiger partial charge in [0.25, 0.3) is 0 Å². The summed E-state index contributed by atoms with van der Waals surface area (Å²) in [7, 11) is 0. The maximum absolute atomic E-state index is 2.33. The number of fused-ring (bicyclic) bond motifs is 1. The summed E-state index contributed by atoms with van der Waals surface area (Å²) >= 11 is 0. The Hall–Kier alpha value is -2.60. The first-order valence-electron chi connectivity index (χ1n) is 8.18. The van der Waals surface area contributed by atoms with E-state index < -0.39 is 0 Å². The molecule has 0 heterocycles. The average Bonchev–Trinajstić information content (AvgIpc) is 2.95. The van der Waals surface area contributed by atoms with Gasteiger partial charge in [0.15, 0.2) is 0 Å². The number of hydrogen-bond acceptors (Lipinski definition) is 0. The Morgan fingerprint density at radius 2 is 1.35 bits per heavy atom. The van der Waals surface area contributed by atoms with Crippen molar-refractivity contribution >= 4 is 11.1 Å². The van der Waals surface area contributed by atoms with Crippen molar-refractivity contribution in [3.8, 4) is 0 Å². The maximum Gasteiger partial charge on any atom is -0.000718 e. The second-order valence-electron chi connectivity index (χ2n) is 6.42. The highest BCUT2D eigenvalue weighted by atomic mass is 14.3. The number of hydrogen-bond donors (Lipinski definition) is 0. The molecule has 1 aliphatic rings. The van der Waals surface area contributed by atoms with Crippen LogP contribution in [0, 0.1) is 13.8 Å². The lowest BCUT2D eigenvalue weighted by atomic mass is 9.94. The third kappa shape index (κ3) is 2.51. The van der Waals surface area contributed by atoms with Crippen LogP contribution < -0.4 is 0 Å². The summed E-state index contributed by atoms with van der Waals surface area (Å²) in [5, 5.41) is 0. The zero-order valence-corrected chi connectivity index (χ0v) is 13.6. The van der Waals surface area contributed by atoms with Gasteiger partial charge in [0.1, 0.15) is 0 Å². The second kappa shape index (κ2) is 5.55. The number of rotatable bonds is 2. The Bertz CT molecular complexity index is 881. The number of allylic oxidation sites excluding steroid dienone is 1. The van der Waals surface area contributed by atoms with Gasteiger partial charge in [0, 0.05) is 0 Å². The van der Waals surface area contributed by atoms with Gasteiger partial charge >= 0.3 is 0 Å². The minimum Gasteiger partial charge on any atom is -0.0622 e. The lowest BCUT2D eigenvalue weighted by Crippen LogP contribution is -1.89. The molecular weight excluding hydrogens is 276 g/mol. The normalized spacial score (nSPS) is 13.3. The van der Waals surface area contributed by atoms with Crippen LogP contribution in [0.1, 0.15) is 33.4 Å². The standard InChI is InChI=1S/C23H20/c1-16-8-11-19(12-9-16)23-21-13-10-17(2)14-20(21)15-22(23)18-6-4-3-5-7-18/h3-14H,15H2,1-2H3. The summed E-state index contributed by atoms with van der Waals surface area (Å²) in [6, 6.07) is 26.6. The molecule has 4 rings (SSSR count). The van der Waals surface area contributed by atoms with Crippen molar-refractivity contribution in [2.45, 2.75) is 20.3 Å². The summed E-state index contributed by atoms with van der Waals surface area (Å²) in [5.74, 6) is 0. The fourth-order valence-electron chi connectivity index (χ4n) is 3.49. The first kappa shape index (κ1) is 14.0. The van der Waals surface area contributed by atoms with Gasteiger partial charge in [-0.05, 0) is 53.7 Å². The van der Waals surface area contributed by atoms with E-state index in [1.54, 1.807) is 0 Å². The quantitative estimate of drug-likeness (QED) is 0.559. The molecule has 0 spiro atoms. The van der Waals surface area contributed by atoms with Crippen molar-refractivity contribution in [2.24, 2.45) is 0 Å². The van der Waals surface area contributed by atoms with Crippen molar-refractivity contribution in [3.63, 3.8) is 0 Å². The van der Waals surface area contributed by atoms with E-state index in [2.05, 4.69) is 86.6 Å². The lowest BCUT2D eigenvalue weighted by Gasteiger charge is -2.10. The van der Waals surface area contributed by atoms with E-state index in [0.717, 1.165) is 6.42 Å². The predicted molar refractivity (Wildman–Crippen MR) is 98.4 cm³/mol. The van der Waals surface area contributed by atoms with Crippen LogP contribution in [0.3, 0.4) is 0 Å². The van der Waals surface area contributed by atoms with Gasteiger partial charge in [0.05, 0.1) is 0 Å². The van der Waals surface area contributed by atoms with Crippen LogP contribution in [0.15, 0.2) is 72.8 Å². The Morgan fingerprint density at radius 3 is 2.09 bits per heavy atom. The van der Waals surface area contributed by atoms with Crippen molar-refractivity contribution in [1.29, 1.82) is 0 Å². The van der Waals surface area contributed by atoms with Crippen LogP contribution in [0.25, 0.3) is 11.1 Å². The molecule has 1 aliphatic carbocycles. The molecule has 0 heteroatoms. The van der Waals surface area contributed by atoms with Crippen LogP contribution >= 0.6 is 0 Å². The summed E-state index contributed by atoms with van der Waals surface area (Å²) in [6.45, 7) is 4.31. The number of benzene rings is 3. The van der Waals surface area contributed by atoms with Gasteiger partial charge in [-0.25, -0.2) is 0 Å². The molecule has 23 heavy (non-hydrogen) atoms. The van der Waals surface area contributed by atoms with Crippen LogP contribution in [-0.4, -0.2) is 0 Å². The smallest absolute Gasteiger partial charge is 0.000718 e. The van der Waals surface area contributed by atoms with E-state index >= 15 is 0 Å². The maximum atomic E-state index is 2.33. The first-order valence-corrected chi connectivity index (χ1v) is 8.18. The molecule has 112 valence electrons. The Morgan fingerprint density at radius 1 is 0.652 bits per heavy atom. The van der Waals surface area contributed by atoms with Gasteiger partial charge in [-0.3, -0.25) is 0 Å². The lowest BCUT2D eigenvalue weighted by molar-refractivity contribution is 1.29. The summed E-state index contributed by atoms with van der Waals surface area (Å²) in [6.07, 6.45) is 1.02. The van der Waals surface area contributed by atoms with Crippen LogP contribution in [0.2, 0.25) is 0 Å². The predicted octanol–water partition coefficient (Wildman–Crippen LogP) is 5.82. The molecular formula is C23H20.